The quantitative estimate of drug-likeness (QED) is 0.141. The zero-order valence-electron chi connectivity index (χ0n) is 26.2. The predicted octanol–water partition coefficient (Wildman–Crippen LogP) is 7.36. The molecule has 0 spiro atoms. The molecule has 46 heavy (non-hydrogen) atoms. The number of hydrogen-bond acceptors (Lipinski definition) is 4. The third kappa shape index (κ3) is 8.90. The van der Waals surface area contributed by atoms with Crippen molar-refractivity contribution < 1.29 is 18.0 Å². The predicted molar refractivity (Wildman–Crippen MR) is 186 cm³/mol. The number of halogens is 2. The number of nitrogens with one attached hydrogen (secondary N) is 1. The lowest BCUT2D eigenvalue weighted by Gasteiger charge is -2.34. The van der Waals surface area contributed by atoms with Gasteiger partial charge in [0, 0.05) is 29.6 Å². The number of carbonyl (C=O) groups excluding carboxylic acids is 2. The summed E-state index contributed by atoms with van der Waals surface area (Å²) in [5.74, 6) is -0.897. The number of carbonyl (C=O) groups is 2. The number of anilines is 1. The molecule has 0 aliphatic rings. The van der Waals surface area contributed by atoms with Gasteiger partial charge in [-0.1, -0.05) is 109 Å². The highest BCUT2D eigenvalue weighted by Crippen LogP contribution is 2.30. The molecule has 4 rings (SSSR count). The van der Waals surface area contributed by atoms with Gasteiger partial charge in [0.05, 0.1) is 10.6 Å². The van der Waals surface area contributed by atoms with E-state index >= 15 is 0 Å². The van der Waals surface area contributed by atoms with Gasteiger partial charge in [0.1, 0.15) is 12.6 Å². The van der Waals surface area contributed by atoms with Crippen LogP contribution < -0.4 is 9.62 Å². The van der Waals surface area contributed by atoms with E-state index in [0.717, 1.165) is 28.3 Å². The Bertz CT molecular complexity index is 1750. The molecule has 0 aliphatic heterocycles. The van der Waals surface area contributed by atoms with Crippen molar-refractivity contribution in [1.82, 2.24) is 10.2 Å². The van der Waals surface area contributed by atoms with Gasteiger partial charge in [-0.3, -0.25) is 13.9 Å². The lowest BCUT2D eigenvalue weighted by molar-refractivity contribution is -0.140. The van der Waals surface area contributed by atoms with Crippen LogP contribution in [0.4, 0.5) is 5.69 Å². The van der Waals surface area contributed by atoms with Crippen molar-refractivity contribution in [3.63, 3.8) is 0 Å². The van der Waals surface area contributed by atoms with Gasteiger partial charge in [0.15, 0.2) is 0 Å². The maximum absolute atomic E-state index is 14.6. The van der Waals surface area contributed by atoms with E-state index in [4.69, 9.17) is 23.2 Å². The molecule has 1 atom stereocenters. The monoisotopic (exact) mass is 679 g/mol. The van der Waals surface area contributed by atoms with Gasteiger partial charge in [-0.05, 0) is 67.3 Å². The van der Waals surface area contributed by atoms with Crippen LogP contribution in [-0.4, -0.2) is 44.3 Å². The van der Waals surface area contributed by atoms with Crippen LogP contribution in [0.3, 0.4) is 0 Å². The second-order valence-electron chi connectivity index (χ2n) is 11.2. The van der Waals surface area contributed by atoms with Crippen LogP contribution in [0.2, 0.25) is 10.0 Å². The molecule has 0 bridgehead atoms. The third-order valence-electron chi connectivity index (χ3n) is 7.73. The Kier molecular flexibility index (Phi) is 12.3. The van der Waals surface area contributed by atoms with Crippen LogP contribution in [0.25, 0.3) is 0 Å². The zero-order valence-corrected chi connectivity index (χ0v) is 28.6. The zero-order chi connectivity index (χ0) is 33.3. The van der Waals surface area contributed by atoms with Crippen molar-refractivity contribution in [3.05, 3.63) is 129 Å². The fourth-order valence-corrected chi connectivity index (χ4v) is 6.90. The number of sulfonamides is 1. The first-order valence-electron chi connectivity index (χ1n) is 15.2. The van der Waals surface area contributed by atoms with Crippen molar-refractivity contribution >= 4 is 50.7 Å². The molecular formula is C36H39Cl2N3O4S. The SMILES string of the molecule is CCCCNC(=O)[C@H](Cc1ccccc1)N(Cc1ccccc1Cl)C(=O)CN(c1cc(Cl)ccc1C)S(=O)(=O)c1ccc(C)cc1. The minimum Gasteiger partial charge on any atom is -0.354 e. The summed E-state index contributed by atoms with van der Waals surface area (Å²) in [6, 6.07) is 26.9. The average molecular weight is 681 g/mol. The Hall–Kier alpha value is -3.85. The Labute approximate surface area is 282 Å². The molecule has 0 aliphatic carbocycles. The van der Waals surface area contributed by atoms with Crippen molar-refractivity contribution in [1.29, 1.82) is 0 Å². The lowest BCUT2D eigenvalue weighted by Crippen LogP contribution is -2.53. The number of benzene rings is 4. The molecule has 0 heterocycles. The minimum atomic E-state index is -4.24. The number of amides is 2. The van der Waals surface area contributed by atoms with E-state index in [1.807, 2.05) is 44.2 Å². The van der Waals surface area contributed by atoms with Gasteiger partial charge in [-0.15, -0.1) is 0 Å². The topological polar surface area (TPSA) is 86.8 Å². The molecule has 0 radical (unpaired) electrons. The number of unbranched alkanes of at least 4 members (excludes halogenated alkanes) is 1. The number of nitrogens with zero attached hydrogens (tertiary/aromatic N) is 2. The highest BCUT2D eigenvalue weighted by atomic mass is 35.5. The first-order chi connectivity index (χ1) is 22.0. The summed E-state index contributed by atoms with van der Waals surface area (Å²) in [6.07, 6.45) is 1.88. The smallest absolute Gasteiger partial charge is 0.264 e. The van der Waals surface area contributed by atoms with Crippen LogP contribution >= 0.6 is 23.2 Å². The lowest BCUT2D eigenvalue weighted by atomic mass is 10.0. The first-order valence-corrected chi connectivity index (χ1v) is 17.4. The van der Waals surface area contributed by atoms with Gasteiger partial charge in [-0.2, -0.15) is 0 Å². The maximum atomic E-state index is 14.6. The van der Waals surface area contributed by atoms with Crippen LogP contribution in [0.15, 0.2) is 102 Å². The molecule has 10 heteroatoms. The molecule has 4 aromatic carbocycles. The molecule has 0 saturated heterocycles. The van der Waals surface area contributed by atoms with Crippen molar-refractivity contribution in [2.45, 2.75) is 57.5 Å². The summed E-state index contributed by atoms with van der Waals surface area (Å²) in [6.45, 7) is 5.52. The summed E-state index contributed by atoms with van der Waals surface area (Å²) >= 11 is 12.9. The normalized spacial score (nSPS) is 11.9. The Morgan fingerprint density at radius 1 is 0.870 bits per heavy atom. The number of rotatable bonds is 14. The fraction of sp³-hybridized carbons (Fsp3) is 0.278. The van der Waals surface area contributed by atoms with Gasteiger partial charge in [0.25, 0.3) is 10.0 Å². The Balaban J connectivity index is 1.83. The van der Waals surface area contributed by atoms with Crippen LogP contribution in [-0.2, 0) is 32.6 Å². The van der Waals surface area contributed by atoms with Crippen molar-refractivity contribution in [2.75, 3.05) is 17.4 Å². The van der Waals surface area contributed by atoms with E-state index in [2.05, 4.69) is 5.32 Å². The van der Waals surface area contributed by atoms with Crippen molar-refractivity contribution in [2.24, 2.45) is 0 Å². The summed E-state index contributed by atoms with van der Waals surface area (Å²) in [7, 11) is -4.24. The Morgan fingerprint density at radius 2 is 1.54 bits per heavy atom. The molecule has 4 aromatic rings. The van der Waals surface area contributed by atoms with Gasteiger partial charge < -0.3 is 10.2 Å². The standard InChI is InChI=1S/C36H39Cl2N3O4S/c1-4-5-21-39-36(43)34(22-28-11-7-6-8-12-28)40(24-29-13-9-10-14-32(29)38)35(42)25-41(33-23-30(37)18-17-27(33)3)46(44,45)31-19-15-26(2)16-20-31/h6-20,23,34H,4-5,21-22,24-25H2,1-3H3,(H,39,43)/t34-/m0/s1. The average Bonchev–Trinajstić information content (AvgIpc) is 3.04. The fourth-order valence-electron chi connectivity index (χ4n) is 5.07. The summed E-state index contributed by atoms with van der Waals surface area (Å²) < 4.78 is 29.6. The van der Waals surface area contributed by atoms with E-state index in [9.17, 15) is 18.0 Å². The summed E-state index contributed by atoms with van der Waals surface area (Å²) in [4.78, 5) is 29.9. The van der Waals surface area contributed by atoms with E-state index in [-0.39, 0.29) is 29.5 Å². The molecule has 0 fully saturated rings. The molecular weight excluding hydrogens is 641 g/mol. The highest BCUT2D eigenvalue weighted by Gasteiger charge is 2.35. The van der Waals surface area contributed by atoms with Crippen LogP contribution in [0.5, 0.6) is 0 Å². The Morgan fingerprint density at radius 3 is 2.22 bits per heavy atom. The summed E-state index contributed by atoms with van der Waals surface area (Å²) in [5.41, 5.74) is 3.26. The molecule has 0 saturated carbocycles. The molecule has 1 N–H and O–H groups in total. The van der Waals surface area contributed by atoms with E-state index in [0.29, 0.717) is 27.7 Å². The second-order valence-corrected chi connectivity index (χ2v) is 13.9. The van der Waals surface area contributed by atoms with Crippen LogP contribution in [0.1, 0.15) is 42.0 Å². The molecule has 7 nitrogen and oxygen atoms in total. The van der Waals surface area contributed by atoms with Gasteiger partial charge in [-0.25, -0.2) is 8.42 Å². The van der Waals surface area contributed by atoms with Gasteiger partial charge in [0.2, 0.25) is 11.8 Å². The van der Waals surface area contributed by atoms with E-state index in [1.54, 1.807) is 55.5 Å². The largest absolute Gasteiger partial charge is 0.354 e. The highest BCUT2D eigenvalue weighted by molar-refractivity contribution is 7.92. The molecule has 242 valence electrons. The minimum absolute atomic E-state index is 0.00977. The maximum Gasteiger partial charge on any atom is 0.264 e. The number of hydrogen-bond donors (Lipinski definition) is 1. The first kappa shape index (κ1) is 35.0. The molecule has 0 aromatic heterocycles. The van der Waals surface area contributed by atoms with E-state index < -0.39 is 28.5 Å². The summed E-state index contributed by atoms with van der Waals surface area (Å²) in [5, 5.41) is 3.74. The van der Waals surface area contributed by atoms with Crippen LogP contribution in [0, 0.1) is 13.8 Å². The second kappa shape index (κ2) is 16.1. The van der Waals surface area contributed by atoms with Crippen molar-refractivity contribution in [3.8, 4) is 0 Å². The van der Waals surface area contributed by atoms with E-state index in [1.165, 1.54) is 23.1 Å². The number of aryl methyl sites for hydroxylation is 2. The molecule has 0 unspecified atom stereocenters. The third-order valence-corrected chi connectivity index (χ3v) is 10.1. The molecule has 2 amide bonds. The van der Waals surface area contributed by atoms with Gasteiger partial charge >= 0.3 is 0 Å².